The Morgan fingerprint density at radius 1 is 1.43 bits per heavy atom. The summed E-state index contributed by atoms with van der Waals surface area (Å²) in [6.07, 6.45) is 2.41. The second-order valence-corrected chi connectivity index (χ2v) is 10.1. The SMILES string of the molecule is Nc1cc[n+](N)c(SCC2=C(C(=O)[O-])N3C(=O)C(NC(=O)/C=N\OCc4csc(N)n4)C3SC2)n1. The van der Waals surface area contributed by atoms with Gasteiger partial charge in [0.15, 0.2) is 11.7 Å². The van der Waals surface area contributed by atoms with E-state index in [2.05, 4.69) is 20.4 Å². The van der Waals surface area contributed by atoms with E-state index in [1.165, 1.54) is 51.8 Å². The Labute approximate surface area is 210 Å². The highest BCUT2D eigenvalue weighted by atomic mass is 32.2. The lowest BCUT2D eigenvalue weighted by atomic mass is 10.0. The summed E-state index contributed by atoms with van der Waals surface area (Å²) >= 11 is 3.74. The van der Waals surface area contributed by atoms with Crippen LogP contribution in [-0.2, 0) is 25.8 Å². The number of thioether (sulfide) groups is 2. The van der Waals surface area contributed by atoms with E-state index in [9.17, 15) is 19.5 Å². The summed E-state index contributed by atoms with van der Waals surface area (Å²) in [6, 6.07) is 0.612. The Kier molecular flexibility index (Phi) is 7.27. The Hall–Kier alpha value is -3.57. The van der Waals surface area contributed by atoms with Crippen LogP contribution in [0.15, 0.2) is 39.2 Å². The molecule has 2 atom stereocenters. The van der Waals surface area contributed by atoms with Crippen LogP contribution in [0.2, 0.25) is 0 Å². The first-order chi connectivity index (χ1) is 16.7. The number of β-lactam (4-membered cyclic amide) rings is 1. The van der Waals surface area contributed by atoms with Crippen molar-refractivity contribution in [3.05, 3.63) is 34.6 Å². The maximum absolute atomic E-state index is 12.7. The van der Waals surface area contributed by atoms with Crippen molar-refractivity contribution < 1.29 is 29.0 Å². The average molecular weight is 538 g/mol. The third kappa shape index (κ3) is 5.41. The standard InChI is InChI=1S/C18H19N9O5S3/c19-10-1-2-26(21)18(24-10)35-6-8-5-33-15-12(14(29)27(15)13(8)16(30)31)25-11(28)3-22-32-4-9-7-34-17(20)23-9/h1-3,7,12,15,19H,4-6,21H2,(H4,20,23,25,28,30,31)/b22-3-. The van der Waals surface area contributed by atoms with E-state index < -0.39 is 29.2 Å². The summed E-state index contributed by atoms with van der Waals surface area (Å²) in [5.41, 5.74) is 12.0. The predicted octanol–water partition coefficient (Wildman–Crippen LogP) is -2.60. The van der Waals surface area contributed by atoms with Crippen LogP contribution in [0.5, 0.6) is 0 Å². The average Bonchev–Trinajstić information content (AvgIpc) is 3.24. The molecule has 184 valence electrons. The van der Waals surface area contributed by atoms with Crippen molar-refractivity contribution >= 4 is 69.8 Å². The topological polar surface area (TPSA) is 219 Å². The number of nitrogen functional groups attached to an aromatic ring is 3. The van der Waals surface area contributed by atoms with Gasteiger partial charge < -0.3 is 31.5 Å². The molecular formula is C18H19N9O5S3. The summed E-state index contributed by atoms with van der Waals surface area (Å²) in [6.45, 7) is 0.0297. The number of fused-ring (bicyclic) bond motifs is 1. The number of nitrogens with two attached hydrogens (primary N) is 3. The number of oxime groups is 1. The summed E-state index contributed by atoms with van der Waals surface area (Å²) < 4.78 is 1.26. The van der Waals surface area contributed by atoms with Crippen LogP contribution in [-0.4, -0.2) is 61.8 Å². The van der Waals surface area contributed by atoms with E-state index in [0.29, 0.717) is 27.3 Å². The summed E-state index contributed by atoms with van der Waals surface area (Å²) in [5.74, 6) is 3.87. The van der Waals surface area contributed by atoms with Gasteiger partial charge in [-0.2, -0.15) is 0 Å². The van der Waals surface area contributed by atoms with E-state index in [0.717, 1.165) is 11.1 Å². The number of nitrogens with one attached hydrogen (secondary N) is 1. The first-order valence-electron chi connectivity index (χ1n) is 9.84. The number of thiazole rings is 1. The Balaban J connectivity index is 1.36. The zero-order valence-electron chi connectivity index (χ0n) is 17.8. The molecule has 14 nitrogen and oxygen atoms in total. The van der Waals surface area contributed by atoms with Crippen molar-refractivity contribution in [2.45, 2.75) is 23.2 Å². The number of nitrogens with zero attached hydrogens (tertiary/aromatic N) is 5. The van der Waals surface area contributed by atoms with Gasteiger partial charge in [0.2, 0.25) is 5.82 Å². The summed E-state index contributed by atoms with van der Waals surface area (Å²) in [4.78, 5) is 50.9. The largest absolute Gasteiger partial charge is 0.543 e. The van der Waals surface area contributed by atoms with Gasteiger partial charge in [0.05, 0.1) is 17.4 Å². The molecule has 0 spiro atoms. The number of carboxylic acids is 1. The number of hydrogen-bond acceptors (Lipinski definition) is 14. The van der Waals surface area contributed by atoms with E-state index in [-0.39, 0.29) is 23.9 Å². The minimum atomic E-state index is -1.48. The molecule has 0 radical (unpaired) electrons. The minimum Gasteiger partial charge on any atom is -0.543 e. The number of aromatic nitrogens is 3. The van der Waals surface area contributed by atoms with Gasteiger partial charge in [0.1, 0.15) is 23.8 Å². The lowest BCUT2D eigenvalue weighted by molar-refractivity contribution is -0.682. The number of aliphatic carboxylic acids is 1. The van der Waals surface area contributed by atoms with Gasteiger partial charge in [-0.25, -0.2) is 4.98 Å². The van der Waals surface area contributed by atoms with E-state index in [4.69, 9.17) is 22.1 Å². The van der Waals surface area contributed by atoms with Gasteiger partial charge >= 0.3 is 5.16 Å². The number of hydrogen-bond donors (Lipinski definition) is 4. The Morgan fingerprint density at radius 3 is 2.94 bits per heavy atom. The maximum atomic E-state index is 12.7. The lowest BCUT2D eigenvalue weighted by Gasteiger charge is -2.50. The highest BCUT2D eigenvalue weighted by Gasteiger charge is 2.52. The predicted molar refractivity (Wildman–Crippen MR) is 127 cm³/mol. The number of carboxylic acid groups (broad SMARTS) is 1. The second kappa shape index (κ2) is 10.4. The van der Waals surface area contributed by atoms with Gasteiger partial charge in [-0.15, -0.1) is 27.8 Å². The first-order valence-corrected chi connectivity index (χ1v) is 12.8. The molecule has 4 rings (SSSR count). The molecule has 1 fully saturated rings. The van der Waals surface area contributed by atoms with Gasteiger partial charge in [-0.1, -0.05) is 5.16 Å². The second-order valence-electron chi connectivity index (χ2n) is 7.15. The monoisotopic (exact) mass is 537 g/mol. The number of carbonyl (C=O) groups excluding carboxylic acids is 3. The smallest absolute Gasteiger partial charge is 0.384 e. The number of carbonyl (C=O) groups is 3. The van der Waals surface area contributed by atoms with Gasteiger partial charge in [0, 0.05) is 23.0 Å². The molecule has 1 saturated heterocycles. The van der Waals surface area contributed by atoms with E-state index >= 15 is 0 Å². The fourth-order valence-corrected chi connectivity index (χ4v) is 6.18. The number of anilines is 2. The van der Waals surface area contributed by atoms with Crippen LogP contribution < -0.4 is 32.4 Å². The van der Waals surface area contributed by atoms with Crippen molar-refractivity contribution in [2.75, 3.05) is 28.8 Å². The van der Waals surface area contributed by atoms with Crippen molar-refractivity contribution in [1.82, 2.24) is 20.2 Å². The molecule has 17 heteroatoms. The van der Waals surface area contributed by atoms with Crippen LogP contribution in [0.25, 0.3) is 0 Å². The van der Waals surface area contributed by atoms with Crippen molar-refractivity contribution in [2.24, 2.45) is 5.16 Å². The molecule has 2 aromatic rings. The molecule has 0 saturated carbocycles. The molecule has 4 heterocycles. The highest BCUT2D eigenvalue weighted by Crippen LogP contribution is 2.41. The zero-order valence-corrected chi connectivity index (χ0v) is 20.3. The molecule has 7 N–H and O–H groups in total. The van der Waals surface area contributed by atoms with Crippen molar-refractivity contribution in [3.63, 3.8) is 0 Å². The molecule has 2 aliphatic heterocycles. The molecule has 2 amide bonds. The van der Waals surface area contributed by atoms with Crippen LogP contribution in [0, 0.1) is 0 Å². The van der Waals surface area contributed by atoms with Gasteiger partial charge in [-0.3, -0.25) is 20.3 Å². The van der Waals surface area contributed by atoms with Crippen molar-refractivity contribution in [3.8, 4) is 0 Å². The first kappa shape index (κ1) is 24.6. The molecule has 35 heavy (non-hydrogen) atoms. The van der Waals surface area contributed by atoms with Crippen LogP contribution in [0.1, 0.15) is 5.69 Å². The third-order valence-corrected chi connectivity index (χ3v) is 7.91. The third-order valence-electron chi connectivity index (χ3n) is 4.79. The molecule has 2 unspecified atom stereocenters. The van der Waals surface area contributed by atoms with Gasteiger partial charge in [0.25, 0.3) is 11.8 Å². The zero-order chi connectivity index (χ0) is 25.1. The fourth-order valence-electron chi connectivity index (χ4n) is 3.24. The van der Waals surface area contributed by atoms with E-state index in [1.807, 2.05) is 0 Å². The molecular weight excluding hydrogens is 518 g/mol. The fraction of sp³-hybridized carbons (Fsp3) is 0.278. The normalized spacial score (nSPS) is 19.4. The summed E-state index contributed by atoms with van der Waals surface area (Å²) in [7, 11) is 0. The highest BCUT2D eigenvalue weighted by molar-refractivity contribution is 8.01. The minimum absolute atomic E-state index is 0.0297. The Morgan fingerprint density at radius 2 is 2.23 bits per heavy atom. The summed E-state index contributed by atoms with van der Waals surface area (Å²) in [5, 5.41) is 19.8. The van der Waals surface area contributed by atoms with Crippen molar-refractivity contribution in [1.29, 1.82) is 0 Å². The van der Waals surface area contributed by atoms with Crippen LogP contribution in [0.3, 0.4) is 0 Å². The van der Waals surface area contributed by atoms with Crippen LogP contribution >= 0.6 is 34.9 Å². The lowest BCUT2D eigenvalue weighted by Crippen LogP contribution is -2.71. The van der Waals surface area contributed by atoms with Crippen LogP contribution in [0.4, 0.5) is 10.9 Å². The number of rotatable bonds is 9. The number of amides is 2. The maximum Gasteiger partial charge on any atom is 0.384 e. The van der Waals surface area contributed by atoms with Gasteiger partial charge in [-0.05, 0) is 22.3 Å². The van der Waals surface area contributed by atoms with E-state index in [1.54, 1.807) is 5.38 Å². The molecule has 0 aliphatic carbocycles. The molecule has 2 aliphatic rings. The quantitative estimate of drug-likeness (QED) is 0.0492. The molecule has 0 bridgehead atoms. The molecule has 2 aromatic heterocycles. The molecule has 0 aromatic carbocycles. The Bertz CT molecular complexity index is 1230.